The van der Waals surface area contributed by atoms with Crippen molar-refractivity contribution in [2.45, 2.75) is 42.8 Å². The van der Waals surface area contributed by atoms with Crippen LogP contribution in [-0.4, -0.2) is 43.8 Å². The minimum Gasteiger partial charge on any atom is -0.341 e. The number of hydrogen-bond acceptors (Lipinski definition) is 3. The number of carbonyl (C=O) groups excluding carboxylic acids is 1. The third-order valence-electron chi connectivity index (χ3n) is 5.29. The van der Waals surface area contributed by atoms with Crippen molar-refractivity contribution in [3.05, 3.63) is 35.6 Å². The maximum Gasteiger partial charge on any atom is 0.233 e. The fourth-order valence-electron chi connectivity index (χ4n) is 3.99. The van der Waals surface area contributed by atoms with Crippen LogP contribution in [0.4, 0.5) is 4.39 Å². The van der Waals surface area contributed by atoms with Gasteiger partial charge in [0, 0.05) is 24.9 Å². The lowest BCUT2D eigenvalue weighted by Gasteiger charge is -2.33. The number of benzene rings is 1. The molecule has 0 aromatic heterocycles. The molecule has 1 heterocycles. The number of sulfone groups is 1. The van der Waals surface area contributed by atoms with Gasteiger partial charge in [0.2, 0.25) is 5.91 Å². The van der Waals surface area contributed by atoms with Crippen LogP contribution in [0.25, 0.3) is 0 Å². The average molecular weight is 339 g/mol. The lowest BCUT2D eigenvalue weighted by atomic mass is 9.77. The van der Waals surface area contributed by atoms with Crippen LogP contribution in [0.5, 0.6) is 0 Å². The fraction of sp³-hybridized carbons (Fsp3) is 0.588. The van der Waals surface area contributed by atoms with Crippen LogP contribution in [0.2, 0.25) is 0 Å². The molecule has 3 rings (SSSR count). The summed E-state index contributed by atoms with van der Waals surface area (Å²) in [6, 6.07) is 6.48. The maximum absolute atomic E-state index is 14.3. The first-order valence-corrected chi connectivity index (χ1v) is 10.0. The summed E-state index contributed by atoms with van der Waals surface area (Å²) in [5.74, 6) is -0.451. The summed E-state index contributed by atoms with van der Waals surface area (Å²) in [5.41, 5.74) is -0.358. The van der Waals surface area contributed by atoms with Gasteiger partial charge < -0.3 is 4.90 Å². The summed E-state index contributed by atoms with van der Waals surface area (Å²) >= 11 is 0. The van der Waals surface area contributed by atoms with Gasteiger partial charge in [-0.15, -0.1) is 0 Å². The number of nitrogens with zero attached hydrogens (tertiary/aromatic N) is 1. The summed E-state index contributed by atoms with van der Waals surface area (Å²) in [7, 11) is -3.15. The van der Waals surface area contributed by atoms with Crippen LogP contribution in [0.1, 0.15) is 37.7 Å². The number of carbonyl (C=O) groups is 1. The summed E-state index contributed by atoms with van der Waals surface area (Å²) in [6.07, 6.45) is 4.73. The number of halogens is 1. The smallest absolute Gasteiger partial charge is 0.233 e. The van der Waals surface area contributed by atoms with Crippen LogP contribution < -0.4 is 0 Å². The molecule has 0 N–H and O–H groups in total. The van der Waals surface area contributed by atoms with E-state index in [9.17, 15) is 17.6 Å². The van der Waals surface area contributed by atoms with E-state index in [4.69, 9.17) is 0 Å². The molecule has 2 aliphatic rings. The molecule has 1 saturated heterocycles. The van der Waals surface area contributed by atoms with Gasteiger partial charge in [-0.2, -0.15) is 0 Å². The van der Waals surface area contributed by atoms with Crippen molar-refractivity contribution in [3.63, 3.8) is 0 Å². The van der Waals surface area contributed by atoms with Gasteiger partial charge in [-0.05, 0) is 25.3 Å². The van der Waals surface area contributed by atoms with Crippen LogP contribution in [0.15, 0.2) is 24.3 Å². The van der Waals surface area contributed by atoms with Gasteiger partial charge in [-0.25, -0.2) is 12.8 Å². The minimum atomic E-state index is -3.15. The highest BCUT2D eigenvalue weighted by Gasteiger charge is 2.48. The van der Waals surface area contributed by atoms with Gasteiger partial charge in [0.1, 0.15) is 5.82 Å². The second kappa shape index (κ2) is 5.89. The van der Waals surface area contributed by atoms with Crippen molar-refractivity contribution < 1.29 is 17.6 Å². The summed E-state index contributed by atoms with van der Waals surface area (Å²) in [4.78, 5) is 14.8. The molecule has 6 heteroatoms. The predicted molar refractivity (Wildman–Crippen MR) is 86.4 cm³/mol. The molecule has 1 aromatic rings. The van der Waals surface area contributed by atoms with E-state index in [-0.39, 0.29) is 18.3 Å². The molecule has 1 saturated carbocycles. The van der Waals surface area contributed by atoms with Gasteiger partial charge in [0.15, 0.2) is 9.84 Å². The Hall–Kier alpha value is -1.43. The number of hydrogen-bond donors (Lipinski definition) is 0. The molecule has 1 atom stereocenters. The molecular weight excluding hydrogens is 317 g/mol. The Morgan fingerprint density at radius 2 is 1.91 bits per heavy atom. The molecule has 126 valence electrons. The Bertz CT molecular complexity index is 710. The van der Waals surface area contributed by atoms with Crippen LogP contribution in [-0.2, 0) is 20.0 Å². The van der Waals surface area contributed by atoms with E-state index in [0.29, 0.717) is 31.4 Å². The third-order valence-corrected chi connectivity index (χ3v) is 6.89. The quantitative estimate of drug-likeness (QED) is 0.849. The van der Waals surface area contributed by atoms with E-state index >= 15 is 0 Å². The topological polar surface area (TPSA) is 54.5 Å². The average Bonchev–Trinajstić information content (AvgIpc) is 3.17. The molecule has 0 bridgehead atoms. The van der Waals surface area contributed by atoms with E-state index < -0.39 is 20.5 Å². The van der Waals surface area contributed by atoms with Crippen LogP contribution in [0.3, 0.4) is 0 Å². The van der Waals surface area contributed by atoms with Gasteiger partial charge in [-0.1, -0.05) is 31.0 Å². The van der Waals surface area contributed by atoms with Crippen LogP contribution >= 0.6 is 0 Å². The van der Waals surface area contributed by atoms with Crippen LogP contribution in [0, 0.1) is 5.82 Å². The van der Waals surface area contributed by atoms with Crippen molar-refractivity contribution in [1.29, 1.82) is 0 Å². The van der Waals surface area contributed by atoms with Crippen molar-refractivity contribution in [2.75, 3.05) is 19.3 Å². The Labute approximate surface area is 136 Å². The van der Waals surface area contributed by atoms with E-state index in [1.54, 1.807) is 23.1 Å². The number of likely N-dealkylation sites (tertiary alicyclic amines) is 1. The number of amides is 1. The molecule has 1 aromatic carbocycles. The SMILES string of the molecule is CS(=O)(=O)C1CCN(C(=O)C2(c3ccccc3F)CCCC2)C1. The zero-order valence-electron chi connectivity index (χ0n) is 13.3. The van der Waals surface area contributed by atoms with E-state index in [0.717, 1.165) is 12.8 Å². The molecule has 23 heavy (non-hydrogen) atoms. The first-order valence-electron chi connectivity index (χ1n) is 8.08. The maximum atomic E-state index is 14.3. The monoisotopic (exact) mass is 339 g/mol. The molecular formula is C17H22FNO3S. The Kier molecular flexibility index (Phi) is 4.21. The van der Waals surface area contributed by atoms with Crippen molar-refractivity contribution >= 4 is 15.7 Å². The highest BCUT2D eigenvalue weighted by atomic mass is 32.2. The Balaban J connectivity index is 1.91. The van der Waals surface area contributed by atoms with Gasteiger partial charge in [0.25, 0.3) is 0 Å². The first-order chi connectivity index (χ1) is 10.8. The number of rotatable bonds is 3. The van der Waals surface area contributed by atoms with Gasteiger partial charge in [-0.3, -0.25) is 4.79 Å². The normalized spacial score (nSPS) is 24.1. The summed E-state index contributed by atoms with van der Waals surface area (Å²) in [6.45, 7) is 0.667. The van der Waals surface area contributed by atoms with Gasteiger partial charge in [0.05, 0.1) is 10.7 Å². The zero-order valence-corrected chi connectivity index (χ0v) is 14.1. The van der Waals surface area contributed by atoms with Crippen molar-refractivity contribution in [2.24, 2.45) is 0 Å². The first kappa shape index (κ1) is 16.4. The molecule has 1 aliphatic heterocycles. The Morgan fingerprint density at radius 3 is 2.48 bits per heavy atom. The summed E-state index contributed by atoms with van der Waals surface area (Å²) in [5, 5.41) is -0.495. The highest BCUT2D eigenvalue weighted by Crippen LogP contribution is 2.44. The zero-order chi connectivity index (χ0) is 16.7. The summed E-state index contributed by atoms with van der Waals surface area (Å²) < 4.78 is 37.8. The van der Waals surface area contributed by atoms with E-state index in [1.807, 2.05) is 0 Å². The van der Waals surface area contributed by atoms with Gasteiger partial charge >= 0.3 is 0 Å². The molecule has 1 unspecified atom stereocenters. The lowest BCUT2D eigenvalue weighted by Crippen LogP contribution is -2.45. The largest absolute Gasteiger partial charge is 0.341 e. The molecule has 2 fully saturated rings. The molecule has 0 radical (unpaired) electrons. The second-order valence-corrected chi connectivity index (χ2v) is 9.09. The van der Waals surface area contributed by atoms with E-state index in [1.165, 1.54) is 12.3 Å². The molecule has 0 spiro atoms. The molecule has 1 aliphatic carbocycles. The van der Waals surface area contributed by atoms with Crippen molar-refractivity contribution in [1.82, 2.24) is 4.90 Å². The molecule has 1 amide bonds. The lowest BCUT2D eigenvalue weighted by molar-refractivity contribution is -0.136. The fourth-order valence-corrected chi connectivity index (χ4v) is 4.98. The molecule has 4 nitrogen and oxygen atoms in total. The van der Waals surface area contributed by atoms with Crippen molar-refractivity contribution in [3.8, 4) is 0 Å². The predicted octanol–water partition coefficient (Wildman–Crippen LogP) is 2.28. The second-order valence-electron chi connectivity index (χ2n) is 6.76. The standard InChI is InChI=1S/C17H22FNO3S/c1-23(21,22)13-8-11-19(12-13)16(20)17(9-4-5-10-17)14-6-2-3-7-15(14)18/h2-3,6-7,13H,4-5,8-12H2,1H3. The Morgan fingerprint density at radius 1 is 1.26 bits per heavy atom. The highest BCUT2D eigenvalue weighted by molar-refractivity contribution is 7.91. The third kappa shape index (κ3) is 2.89. The van der Waals surface area contributed by atoms with E-state index in [2.05, 4.69) is 0 Å². The minimum absolute atomic E-state index is 0.105.